The van der Waals surface area contributed by atoms with Crippen LogP contribution in [0.25, 0.3) is 0 Å². The maximum Gasteiger partial charge on any atom is 0.341 e. The second-order valence-corrected chi connectivity index (χ2v) is 4.62. The standard InChI is InChI=1S/C13H18N2O2/c1-9-14-8-11(13(16)17-2)12(15-9)7-10-5-3-4-6-10/h8,10H,3-7H2,1-2H3. The van der Waals surface area contributed by atoms with Crippen molar-refractivity contribution in [3.63, 3.8) is 0 Å². The minimum Gasteiger partial charge on any atom is -0.465 e. The third kappa shape index (κ3) is 2.81. The molecular formula is C13H18N2O2. The SMILES string of the molecule is COC(=O)c1cnc(C)nc1CC1CCCC1. The van der Waals surface area contributed by atoms with Crippen molar-refractivity contribution in [2.75, 3.05) is 7.11 Å². The van der Waals surface area contributed by atoms with Crippen LogP contribution >= 0.6 is 0 Å². The molecule has 2 rings (SSSR count). The van der Waals surface area contributed by atoms with Crippen LogP contribution in [0.2, 0.25) is 0 Å². The van der Waals surface area contributed by atoms with Gasteiger partial charge in [-0.3, -0.25) is 0 Å². The Kier molecular flexibility index (Phi) is 3.71. The molecule has 0 spiro atoms. The van der Waals surface area contributed by atoms with Crippen LogP contribution in [0.3, 0.4) is 0 Å². The molecule has 0 radical (unpaired) electrons. The number of hydrogen-bond donors (Lipinski definition) is 0. The van der Waals surface area contributed by atoms with Crippen molar-refractivity contribution < 1.29 is 9.53 Å². The Morgan fingerprint density at radius 2 is 2.18 bits per heavy atom. The summed E-state index contributed by atoms with van der Waals surface area (Å²) < 4.78 is 4.76. The van der Waals surface area contributed by atoms with Crippen LogP contribution in [0, 0.1) is 12.8 Å². The summed E-state index contributed by atoms with van der Waals surface area (Å²) in [7, 11) is 1.39. The number of aromatic nitrogens is 2. The van der Waals surface area contributed by atoms with E-state index in [1.807, 2.05) is 6.92 Å². The van der Waals surface area contributed by atoms with Gasteiger partial charge >= 0.3 is 5.97 Å². The Labute approximate surface area is 101 Å². The van der Waals surface area contributed by atoms with Gasteiger partial charge in [-0.05, 0) is 19.3 Å². The van der Waals surface area contributed by atoms with Gasteiger partial charge in [0.25, 0.3) is 0 Å². The average Bonchev–Trinajstić information content (AvgIpc) is 2.81. The quantitative estimate of drug-likeness (QED) is 0.753. The lowest BCUT2D eigenvalue weighted by atomic mass is 9.99. The molecule has 1 saturated carbocycles. The molecule has 17 heavy (non-hydrogen) atoms. The Morgan fingerprint density at radius 1 is 1.47 bits per heavy atom. The zero-order valence-electron chi connectivity index (χ0n) is 10.4. The molecule has 0 saturated heterocycles. The summed E-state index contributed by atoms with van der Waals surface area (Å²) in [5.41, 5.74) is 1.36. The molecule has 4 nitrogen and oxygen atoms in total. The highest BCUT2D eigenvalue weighted by atomic mass is 16.5. The molecule has 0 bridgehead atoms. The fourth-order valence-electron chi connectivity index (χ4n) is 2.44. The molecule has 0 amide bonds. The topological polar surface area (TPSA) is 52.1 Å². The highest BCUT2D eigenvalue weighted by Crippen LogP contribution is 2.28. The van der Waals surface area contributed by atoms with Crippen molar-refractivity contribution in [2.24, 2.45) is 5.92 Å². The van der Waals surface area contributed by atoms with Crippen LogP contribution in [0.1, 0.15) is 47.6 Å². The molecule has 0 atom stereocenters. The lowest BCUT2D eigenvalue weighted by molar-refractivity contribution is 0.0598. The van der Waals surface area contributed by atoms with Gasteiger partial charge in [-0.25, -0.2) is 14.8 Å². The van der Waals surface area contributed by atoms with Gasteiger partial charge in [0.2, 0.25) is 0 Å². The van der Waals surface area contributed by atoms with Gasteiger partial charge in [0.05, 0.1) is 18.4 Å². The minimum atomic E-state index is -0.335. The lowest BCUT2D eigenvalue weighted by Crippen LogP contribution is -2.12. The summed E-state index contributed by atoms with van der Waals surface area (Å²) in [6.07, 6.45) is 7.52. The predicted octanol–water partition coefficient (Wildman–Crippen LogP) is 2.30. The van der Waals surface area contributed by atoms with Crippen LogP contribution in [0.15, 0.2) is 6.20 Å². The fourth-order valence-corrected chi connectivity index (χ4v) is 2.44. The molecule has 0 unspecified atom stereocenters. The smallest absolute Gasteiger partial charge is 0.341 e. The molecule has 1 aliphatic rings. The number of methoxy groups -OCH3 is 1. The van der Waals surface area contributed by atoms with E-state index in [1.54, 1.807) is 6.20 Å². The first-order chi connectivity index (χ1) is 8.20. The van der Waals surface area contributed by atoms with Gasteiger partial charge in [0.1, 0.15) is 5.82 Å². The Morgan fingerprint density at radius 3 is 2.82 bits per heavy atom. The van der Waals surface area contributed by atoms with Crippen molar-refractivity contribution in [3.8, 4) is 0 Å². The second kappa shape index (κ2) is 5.25. The predicted molar refractivity (Wildman–Crippen MR) is 63.8 cm³/mol. The van der Waals surface area contributed by atoms with E-state index in [4.69, 9.17) is 4.74 Å². The van der Waals surface area contributed by atoms with Gasteiger partial charge in [0, 0.05) is 6.20 Å². The molecule has 1 aliphatic carbocycles. The van der Waals surface area contributed by atoms with Gasteiger partial charge in [-0.15, -0.1) is 0 Å². The van der Waals surface area contributed by atoms with E-state index in [1.165, 1.54) is 32.8 Å². The van der Waals surface area contributed by atoms with Crippen LogP contribution < -0.4 is 0 Å². The van der Waals surface area contributed by atoms with E-state index < -0.39 is 0 Å². The van der Waals surface area contributed by atoms with E-state index in [2.05, 4.69) is 9.97 Å². The first kappa shape index (κ1) is 12.0. The molecule has 4 heteroatoms. The summed E-state index contributed by atoms with van der Waals surface area (Å²) in [6.45, 7) is 1.85. The third-order valence-corrected chi connectivity index (χ3v) is 3.35. The van der Waals surface area contributed by atoms with Crippen molar-refractivity contribution in [1.29, 1.82) is 0 Å². The van der Waals surface area contributed by atoms with E-state index in [-0.39, 0.29) is 5.97 Å². The van der Waals surface area contributed by atoms with Crippen molar-refractivity contribution in [1.82, 2.24) is 9.97 Å². The van der Waals surface area contributed by atoms with Crippen molar-refractivity contribution >= 4 is 5.97 Å². The molecule has 1 fully saturated rings. The minimum absolute atomic E-state index is 0.335. The molecule has 1 aromatic rings. The molecule has 1 aromatic heterocycles. The summed E-state index contributed by atoms with van der Waals surface area (Å²) in [4.78, 5) is 20.1. The third-order valence-electron chi connectivity index (χ3n) is 3.35. The number of ether oxygens (including phenoxy) is 1. The van der Waals surface area contributed by atoms with E-state index in [9.17, 15) is 4.79 Å². The zero-order chi connectivity index (χ0) is 12.3. The summed E-state index contributed by atoms with van der Waals surface area (Å²) in [6, 6.07) is 0. The number of rotatable bonds is 3. The molecule has 92 valence electrons. The monoisotopic (exact) mass is 234 g/mol. The zero-order valence-corrected chi connectivity index (χ0v) is 10.4. The van der Waals surface area contributed by atoms with Crippen molar-refractivity contribution in [3.05, 3.63) is 23.3 Å². The summed E-state index contributed by atoms with van der Waals surface area (Å²) in [5, 5.41) is 0. The first-order valence-corrected chi connectivity index (χ1v) is 6.11. The average molecular weight is 234 g/mol. The van der Waals surface area contributed by atoms with E-state index in [0.717, 1.165) is 12.1 Å². The largest absolute Gasteiger partial charge is 0.465 e. The van der Waals surface area contributed by atoms with Gasteiger partial charge in [0.15, 0.2) is 0 Å². The number of carbonyl (C=O) groups excluding carboxylic acids is 1. The molecule has 1 heterocycles. The van der Waals surface area contributed by atoms with Crippen LogP contribution in [-0.4, -0.2) is 23.0 Å². The van der Waals surface area contributed by atoms with E-state index in [0.29, 0.717) is 17.3 Å². The first-order valence-electron chi connectivity index (χ1n) is 6.11. The van der Waals surface area contributed by atoms with E-state index >= 15 is 0 Å². The second-order valence-electron chi connectivity index (χ2n) is 4.62. The van der Waals surface area contributed by atoms with Crippen LogP contribution in [0.5, 0.6) is 0 Å². The highest BCUT2D eigenvalue weighted by molar-refractivity contribution is 5.90. The maximum atomic E-state index is 11.6. The fraction of sp³-hybridized carbons (Fsp3) is 0.615. The Balaban J connectivity index is 2.22. The van der Waals surface area contributed by atoms with Gasteiger partial charge in [-0.1, -0.05) is 25.7 Å². The normalized spacial score (nSPS) is 16.1. The summed E-state index contributed by atoms with van der Waals surface area (Å²) in [5.74, 6) is 1.04. The van der Waals surface area contributed by atoms with Crippen LogP contribution in [0.4, 0.5) is 0 Å². The van der Waals surface area contributed by atoms with Crippen molar-refractivity contribution in [2.45, 2.75) is 39.0 Å². The maximum absolute atomic E-state index is 11.6. The summed E-state index contributed by atoms with van der Waals surface area (Å²) >= 11 is 0. The highest BCUT2D eigenvalue weighted by Gasteiger charge is 2.21. The molecule has 0 aromatic carbocycles. The Hall–Kier alpha value is -1.45. The number of nitrogens with zero attached hydrogens (tertiary/aromatic N) is 2. The molecular weight excluding hydrogens is 216 g/mol. The van der Waals surface area contributed by atoms with Gasteiger partial charge in [-0.2, -0.15) is 0 Å². The number of aryl methyl sites for hydroxylation is 1. The number of hydrogen-bond acceptors (Lipinski definition) is 4. The van der Waals surface area contributed by atoms with Gasteiger partial charge < -0.3 is 4.74 Å². The Bertz CT molecular complexity index is 412. The molecule has 0 N–H and O–H groups in total. The van der Waals surface area contributed by atoms with Crippen LogP contribution in [-0.2, 0) is 11.2 Å². The number of esters is 1. The number of carbonyl (C=O) groups is 1. The lowest BCUT2D eigenvalue weighted by Gasteiger charge is -2.11. The molecule has 0 aliphatic heterocycles.